The van der Waals surface area contributed by atoms with Gasteiger partial charge < -0.3 is 9.47 Å². The fourth-order valence-corrected chi connectivity index (χ4v) is 1.85. The van der Waals surface area contributed by atoms with E-state index in [0.29, 0.717) is 5.56 Å². The maximum atomic E-state index is 12.5. The molecule has 2 rings (SSSR count). The molecule has 0 spiro atoms. The number of hydrogen-bond donors (Lipinski definition) is 0. The molecule has 0 bridgehead atoms. The molecule has 0 aromatic heterocycles. The minimum absolute atomic E-state index is 0.146. The van der Waals surface area contributed by atoms with E-state index in [1.165, 1.54) is 19.2 Å². The summed E-state index contributed by atoms with van der Waals surface area (Å²) in [6, 6.07) is 12.7. The summed E-state index contributed by atoms with van der Waals surface area (Å²) in [5, 5.41) is 0. The molecule has 0 saturated heterocycles. The number of carbonyl (C=O) groups is 1. The van der Waals surface area contributed by atoms with Crippen LogP contribution in [0, 0.1) is 0 Å². The Morgan fingerprint density at radius 2 is 1.59 bits per heavy atom. The molecule has 3 nitrogen and oxygen atoms in total. The highest BCUT2D eigenvalue weighted by Gasteiger charge is 2.30. The van der Waals surface area contributed by atoms with Crippen LogP contribution in [0.25, 0.3) is 0 Å². The lowest BCUT2D eigenvalue weighted by Gasteiger charge is -2.17. The second-order valence-corrected chi connectivity index (χ2v) is 4.45. The number of rotatable bonds is 4. The van der Waals surface area contributed by atoms with E-state index in [1.54, 1.807) is 30.3 Å². The van der Waals surface area contributed by atoms with Gasteiger partial charge in [-0.05, 0) is 24.3 Å². The largest absolute Gasteiger partial charge is 0.474 e. The number of halogens is 3. The van der Waals surface area contributed by atoms with E-state index in [0.717, 1.165) is 12.1 Å². The van der Waals surface area contributed by atoms with Crippen molar-refractivity contribution in [1.82, 2.24) is 0 Å². The van der Waals surface area contributed by atoms with Crippen LogP contribution in [0.4, 0.5) is 13.2 Å². The van der Waals surface area contributed by atoms with E-state index in [1.807, 2.05) is 0 Å². The Balaban J connectivity index is 2.23. The fraction of sp³-hybridized carbons (Fsp3) is 0.188. The number of hydrogen-bond acceptors (Lipinski definition) is 3. The molecule has 0 amide bonds. The molecule has 0 aliphatic heterocycles. The topological polar surface area (TPSA) is 35.5 Å². The van der Waals surface area contributed by atoms with Gasteiger partial charge >= 0.3 is 12.1 Å². The van der Waals surface area contributed by atoms with Gasteiger partial charge in [0.1, 0.15) is 5.75 Å². The summed E-state index contributed by atoms with van der Waals surface area (Å²) in [4.78, 5) is 11.8. The molecule has 2 aromatic rings. The number of benzene rings is 2. The van der Waals surface area contributed by atoms with Crippen LogP contribution in [0.3, 0.4) is 0 Å². The monoisotopic (exact) mass is 310 g/mol. The zero-order valence-corrected chi connectivity index (χ0v) is 11.6. The van der Waals surface area contributed by atoms with E-state index >= 15 is 0 Å². The first-order valence-electron chi connectivity index (χ1n) is 6.38. The molecule has 2 aromatic carbocycles. The highest BCUT2D eigenvalue weighted by Crippen LogP contribution is 2.31. The SMILES string of the molecule is COC(=O)[C@@H](Oc1ccc(C(F)(F)F)cc1)c1ccccc1. The van der Waals surface area contributed by atoms with Gasteiger partial charge in [0.15, 0.2) is 0 Å². The first kappa shape index (κ1) is 15.9. The van der Waals surface area contributed by atoms with E-state index < -0.39 is 23.8 Å². The molecule has 22 heavy (non-hydrogen) atoms. The molecular formula is C16H13F3O3. The van der Waals surface area contributed by atoms with Crippen molar-refractivity contribution in [3.05, 3.63) is 65.7 Å². The number of methoxy groups -OCH3 is 1. The summed E-state index contributed by atoms with van der Waals surface area (Å²) >= 11 is 0. The third kappa shape index (κ3) is 3.78. The highest BCUT2D eigenvalue weighted by molar-refractivity contribution is 5.76. The van der Waals surface area contributed by atoms with Crippen LogP contribution in [0.5, 0.6) is 5.75 Å². The highest BCUT2D eigenvalue weighted by atomic mass is 19.4. The molecule has 6 heteroatoms. The molecule has 1 atom stereocenters. The van der Waals surface area contributed by atoms with E-state index in [4.69, 9.17) is 4.74 Å². The normalized spacial score (nSPS) is 12.5. The van der Waals surface area contributed by atoms with Gasteiger partial charge in [-0.2, -0.15) is 13.2 Å². The zero-order chi connectivity index (χ0) is 16.2. The molecule has 0 heterocycles. The molecule has 0 aliphatic carbocycles. The van der Waals surface area contributed by atoms with Gasteiger partial charge in [0.05, 0.1) is 12.7 Å². The molecular weight excluding hydrogens is 297 g/mol. The van der Waals surface area contributed by atoms with Crippen LogP contribution < -0.4 is 4.74 Å². The van der Waals surface area contributed by atoms with Gasteiger partial charge in [0.2, 0.25) is 6.10 Å². The summed E-state index contributed by atoms with van der Waals surface area (Å²) < 4.78 is 47.7. The maximum absolute atomic E-state index is 12.5. The Morgan fingerprint density at radius 3 is 2.09 bits per heavy atom. The van der Waals surface area contributed by atoms with Crippen molar-refractivity contribution in [2.75, 3.05) is 7.11 Å². The van der Waals surface area contributed by atoms with E-state index in [-0.39, 0.29) is 5.75 Å². The van der Waals surface area contributed by atoms with Crippen LogP contribution in [0.15, 0.2) is 54.6 Å². The van der Waals surface area contributed by atoms with Crippen molar-refractivity contribution >= 4 is 5.97 Å². The Kier molecular flexibility index (Phi) is 4.70. The lowest BCUT2D eigenvalue weighted by molar-refractivity contribution is -0.149. The molecule has 0 radical (unpaired) electrons. The van der Waals surface area contributed by atoms with Crippen LogP contribution >= 0.6 is 0 Å². The van der Waals surface area contributed by atoms with Crippen LogP contribution in [0.1, 0.15) is 17.2 Å². The standard InChI is InChI=1S/C16H13F3O3/c1-21-15(20)14(11-5-3-2-4-6-11)22-13-9-7-12(8-10-13)16(17,18)19/h2-10,14H,1H3/t14-/m0/s1. The summed E-state index contributed by atoms with van der Waals surface area (Å²) in [6.07, 6.45) is -5.46. The Hall–Kier alpha value is -2.50. The summed E-state index contributed by atoms with van der Waals surface area (Å²) in [6.45, 7) is 0. The van der Waals surface area contributed by atoms with Gasteiger partial charge in [-0.1, -0.05) is 30.3 Å². The molecule has 0 N–H and O–H groups in total. The zero-order valence-electron chi connectivity index (χ0n) is 11.6. The molecule has 0 fully saturated rings. The van der Waals surface area contributed by atoms with Crippen molar-refractivity contribution in [3.8, 4) is 5.75 Å². The Bertz CT molecular complexity index is 621. The lowest BCUT2D eigenvalue weighted by atomic mass is 10.1. The third-order valence-electron chi connectivity index (χ3n) is 2.95. The van der Waals surface area contributed by atoms with Crippen molar-refractivity contribution < 1.29 is 27.4 Å². The Morgan fingerprint density at radius 1 is 1.00 bits per heavy atom. The molecule has 0 unspecified atom stereocenters. The minimum atomic E-state index is -4.42. The summed E-state index contributed by atoms with van der Waals surface area (Å²) in [5.41, 5.74) is -0.233. The van der Waals surface area contributed by atoms with Crippen LogP contribution in [-0.4, -0.2) is 13.1 Å². The average Bonchev–Trinajstić information content (AvgIpc) is 2.52. The van der Waals surface area contributed by atoms with Crippen LogP contribution in [0.2, 0.25) is 0 Å². The van der Waals surface area contributed by atoms with Gasteiger partial charge in [0.25, 0.3) is 0 Å². The Labute approximate surface area is 125 Å². The lowest BCUT2D eigenvalue weighted by Crippen LogP contribution is -2.20. The first-order chi connectivity index (χ1) is 10.4. The van der Waals surface area contributed by atoms with E-state index in [2.05, 4.69) is 4.74 Å². The number of ether oxygens (including phenoxy) is 2. The second kappa shape index (κ2) is 6.51. The van der Waals surface area contributed by atoms with Gasteiger partial charge in [-0.3, -0.25) is 0 Å². The summed E-state index contributed by atoms with van der Waals surface area (Å²) in [5.74, 6) is -0.488. The van der Waals surface area contributed by atoms with Crippen molar-refractivity contribution in [2.45, 2.75) is 12.3 Å². The average molecular weight is 310 g/mol. The first-order valence-corrected chi connectivity index (χ1v) is 6.38. The van der Waals surface area contributed by atoms with Crippen molar-refractivity contribution in [1.29, 1.82) is 0 Å². The number of esters is 1. The molecule has 0 aliphatic rings. The minimum Gasteiger partial charge on any atom is -0.474 e. The predicted octanol–water partition coefficient (Wildman–Crippen LogP) is 4.00. The maximum Gasteiger partial charge on any atom is 0.416 e. The summed E-state index contributed by atoms with van der Waals surface area (Å²) in [7, 11) is 1.22. The van der Waals surface area contributed by atoms with E-state index in [9.17, 15) is 18.0 Å². The number of alkyl halides is 3. The van der Waals surface area contributed by atoms with Gasteiger partial charge in [-0.15, -0.1) is 0 Å². The second-order valence-electron chi connectivity index (χ2n) is 4.45. The smallest absolute Gasteiger partial charge is 0.416 e. The number of carbonyl (C=O) groups excluding carboxylic acids is 1. The van der Waals surface area contributed by atoms with Crippen molar-refractivity contribution in [3.63, 3.8) is 0 Å². The predicted molar refractivity (Wildman–Crippen MR) is 73.3 cm³/mol. The molecule has 0 saturated carbocycles. The fourth-order valence-electron chi connectivity index (χ4n) is 1.85. The van der Waals surface area contributed by atoms with Crippen LogP contribution in [-0.2, 0) is 15.7 Å². The van der Waals surface area contributed by atoms with Gasteiger partial charge in [0, 0.05) is 5.56 Å². The van der Waals surface area contributed by atoms with Crippen molar-refractivity contribution in [2.24, 2.45) is 0 Å². The third-order valence-corrected chi connectivity index (χ3v) is 2.95. The molecule has 116 valence electrons. The quantitative estimate of drug-likeness (QED) is 0.801. The van der Waals surface area contributed by atoms with Gasteiger partial charge in [-0.25, -0.2) is 4.79 Å².